The minimum Gasteiger partial charge on any atom is -0.311 e. The summed E-state index contributed by atoms with van der Waals surface area (Å²) in [6.45, 7) is 2.38. The standard InChI is InChI=1S/C11H21N/c1-9(10-5-2-3-6-10)12-11-7-4-8-11/h9-12H,2-8H2,1H3/t9-/m1/s1. The lowest BCUT2D eigenvalue weighted by atomic mass is 9.90. The molecule has 0 aromatic rings. The molecule has 0 bridgehead atoms. The Bertz CT molecular complexity index is 134. The van der Waals surface area contributed by atoms with E-state index in [9.17, 15) is 0 Å². The van der Waals surface area contributed by atoms with Crippen LogP contribution in [0.1, 0.15) is 51.9 Å². The van der Waals surface area contributed by atoms with Gasteiger partial charge in [-0.3, -0.25) is 0 Å². The van der Waals surface area contributed by atoms with Gasteiger partial charge in [0.25, 0.3) is 0 Å². The molecule has 1 heteroatoms. The molecule has 0 radical (unpaired) electrons. The Morgan fingerprint density at radius 3 is 2.17 bits per heavy atom. The van der Waals surface area contributed by atoms with Crippen molar-refractivity contribution in [2.75, 3.05) is 0 Å². The molecule has 0 aromatic carbocycles. The van der Waals surface area contributed by atoms with Crippen LogP contribution in [0.3, 0.4) is 0 Å². The SMILES string of the molecule is C[C@@H](NC1CCC1)C1CCCC1. The van der Waals surface area contributed by atoms with Crippen LogP contribution in [-0.2, 0) is 0 Å². The molecule has 70 valence electrons. The molecule has 1 atom stereocenters. The first-order valence-electron chi connectivity index (χ1n) is 5.62. The second kappa shape index (κ2) is 3.78. The van der Waals surface area contributed by atoms with Gasteiger partial charge in [-0.2, -0.15) is 0 Å². The quantitative estimate of drug-likeness (QED) is 0.681. The Labute approximate surface area is 75.9 Å². The fraction of sp³-hybridized carbons (Fsp3) is 1.00. The van der Waals surface area contributed by atoms with Crippen molar-refractivity contribution >= 4 is 0 Å². The largest absolute Gasteiger partial charge is 0.311 e. The highest BCUT2D eigenvalue weighted by atomic mass is 15.0. The molecule has 0 amide bonds. The molecular weight excluding hydrogens is 146 g/mol. The minimum atomic E-state index is 0.790. The van der Waals surface area contributed by atoms with E-state index in [-0.39, 0.29) is 0 Å². The molecule has 0 spiro atoms. The summed E-state index contributed by atoms with van der Waals surface area (Å²) in [6, 6.07) is 1.67. The lowest BCUT2D eigenvalue weighted by molar-refractivity contribution is 0.267. The molecule has 2 fully saturated rings. The van der Waals surface area contributed by atoms with Crippen molar-refractivity contribution in [2.24, 2.45) is 5.92 Å². The van der Waals surface area contributed by atoms with Crippen LogP contribution < -0.4 is 5.32 Å². The van der Waals surface area contributed by atoms with Crippen molar-refractivity contribution in [3.63, 3.8) is 0 Å². The zero-order valence-corrected chi connectivity index (χ0v) is 8.18. The van der Waals surface area contributed by atoms with E-state index in [0.717, 1.165) is 18.0 Å². The number of nitrogens with one attached hydrogen (secondary N) is 1. The fourth-order valence-corrected chi connectivity index (χ4v) is 2.54. The van der Waals surface area contributed by atoms with Gasteiger partial charge in [-0.1, -0.05) is 19.3 Å². The third-order valence-electron chi connectivity index (χ3n) is 3.71. The Morgan fingerprint density at radius 2 is 1.67 bits per heavy atom. The predicted molar refractivity (Wildman–Crippen MR) is 52.2 cm³/mol. The van der Waals surface area contributed by atoms with Gasteiger partial charge in [0.15, 0.2) is 0 Å². The maximum Gasteiger partial charge on any atom is 0.00696 e. The molecular formula is C11H21N. The molecule has 0 aromatic heterocycles. The Balaban J connectivity index is 1.71. The molecule has 2 aliphatic carbocycles. The smallest absolute Gasteiger partial charge is 0.00696 e. The third kappa shape index (κ3) is 1.82. The summed E-state index contributed by atoms with van der Waals surface area (Å²) in [4.78, 5) is 0. The number of hydrogen-bond acceptors (Lipinski definition) is 1. The van der Waals surface area contributed by atoms with E-state index in [1.807, 2.05) is 0 Å². The van der Waals surface area contributed by atoms with E-state index in [1.165, 1.54) is 44.9 Å². The highest BCUT2D eigenvalue weighted by Gasteiger charge is 2.25. The van der Waals surface area contributed by atoms with Gasteiger partial charge in [-0.05, 0) is 38.5 Å². The van der Waals surface area contributed by atoms with Crippen LogP contribution in [0, 0.1) is 5.92 Å². The highest BCUT2D eigenvalue weighted by Crippen LogP contribution is 2.29. The maximum atomic E-state index is 3.76. The molecule has 2 rings (SSSR count). The Hall–Kier alpha value is -0.0400. The van der Waals surface area contributed by atoms with Crippen molar-refractivity contribution in [3.05, 3.63) is 0 Å². The summed E-state index contributed by atoms with van der Waals surface area (Å²) < 4.78 is 0. The second-order valence-corrected chi connectivity index (χ2v) is 4.63. The van der Waals surface area contributed by atoms with E-state index in [0.29, 0.717) is 0 Å². The first kappa shape index (κ1) is 8.55. The van der Waals surface area contributed by atoms with E-state index < -0.39 is 0 Å². The molecule has 0 aliphatic heterocycles. The molecule has 0 unspecified atom stereocenters. The van der Waals surface area contributed by atoms with E-state index in [4.69, 9.17) is 0 Å². The predicted octanol–water partition coefficient (Wildman–Crippen LogP) is 2.71. The molecule has 12 heavy (non-hydrogen) atoms. The first-order chi connectivity index (χ1) is 5.86. The topological polar surface area (TPSA) is 12.0 Å². The average Bonchev–Trinajstić information content (AvgIpc) is 2.47. The van der Waals surface area contributed by atoms with E-state index >= 15 is 0 Å². The summed E-state index contributed by atoms with van der Waals surface area (Å²) >= 11 is 0. The van der Waals surface area contributed by atoms with Crippen molar-refractivity contribution in [1.82, 2.24) is 5.32 Å². The van der Waals surface area contributed by atoms with Gasteiger partial charge in [-0.15, -0.1) is 0 Å². The summed E-state index contributed by atoms with van der Waals surface area (Å²) in [7, 11) is 0. The lowest BCUT2D eigenvalue weighted by Gasteiger charge is -2.32. The lowest BCUT2D eigenvalue weighted by Crippen LogP contribution is -2.43. The van der Waals surface area contributed by atoms with Gasteiger partial charge in [0.05, 0.1) is 0 Å². The first-order valence-corrected chi connectivity index (χ1v) is 5.62. The second-order valence-electron chi connectivity index (χ2n) is 4.63. The van der Waals surface area contributed by atoms with Crippen LogP contribution in [0.25, 0.3) is 0 Å². The molecule has 1 N–H and O–H groups in total. The van der Waals surface area contributed by atoms with Gasteiger partial charge in [0, 0.05) is 12.1 Å². The maximum absolute atomic E-state index is 3.76. The monoisotopic (exact) mass is 167 g/mol. The van der Waals surface area contributed by atoms with E-state index in [1.54, 1.807) is 0 Å². The van der Waals surface area contributed by atoms with Crippen LogP contribution in [0.5, 0.6) is 0 Å². The van der Waals surface area contributed by atoms with Crippen LogP contribution >= 0.6 is 0 Å². The van der Waals surface area contributed by atoms with Gasteiger partial charge < -0.3 is 5.32 Å². The Kier molecular flexibility index (Phi) is 2.69. The normalized spacial score (nSPS) is 28.8. The van der Waals surface area contributed by atoms with Crippen molar-refractivity contribution < 1.29 is 0 Å². The zero-order chi connectivity index (χ0) is 8.39. The van der Waals surface area contributed by atoms with Gasteiger partial charge in [0.1, 0.15) is 0 Å². The van der Waals surface area contributed by atoms with Gasteiger partial charge >= 0.3 is 0 Å². The van der Waals surface area contributed by atoms with Crippen LogP contribution in [-0.4, -0.2) is 12.1 Å². The average molecular weight is 167 g/mol. The summed E-state index contributed by atoms with van der Waals surface area (Å²) in [5.74, 6) is 0.991. The molecule has 2 aliphatic rings. The van der Waals surface area contributed by atoms with Gasteiger partial charge in [-0.25, -0.2) is 0 Å². The van der Waals surface area contributed by atoms with Crippen LogP contribution in [0.2, 0.25) is 0 Å². The third-order valence-corrected chi connectivity index (χ3v) is 3.71. The van der Waals surface area contributed by atoms with Gasteiger partial charge in [0.2, 0.25) is 0 Å². The number of rotatable bonds is 3. The molecule has 2 saturated carbocycles. The van der Waals surface area contributed by atoms with Crippen molar-refractivity contribution in [2.45, 2.75) is 64.0 Å². The summed E-state index contributed by atoms with van der Waals surface area (Å²) in [5.41, 5.74) is 0. The molecule has 0 heterocycles. The summed E-state index contributed by atoms with van der Waals surface area (Å²) in [5, 5.41) is 3.76. The molecule has 1 nitrogen and oxygen atoms in total. The van der Waals surface area contributed by atoms with E-state index in [2.05, 4.69) is 12.2 Å². The van der Waals surface area contributed by atoms with Crippen LogP contribution in [0.4, 0.5) is 0 Å². The zero-order valence-electron chi connectivity index (χ0n) is 8.18. The number of hydrogen-bond donors (Lipinski definition) is 1. The molecule has 0 saturated heterocycles. The fourth-order valence-electron chi connectivity index (χ4n) is 2.54. The summed E-state index contributed by atoms with van der Waals surface area (Å²) in [6.07, 6.45) is 10.2. The van der Waals surface area contributed by atoms with Crippen molar-refractivity contribution in [3.8, 4) is 0 Å². The Morgan fingerprint density at radius 1 is 1.00 bits per heavy atom. The highest BCUT2D eigenvalue weighted by molar-refractivity contribution is 4.84. The van der Waals surface area contributed by atoms with Crippen molar-refractivity contribution in [1.29, 1.82) is 0 Å². The van der Waals surface area contributed by atoms with Crippen LogP contribution in [0.15, 0.2) is 0 Å². The minimum absolute atomic E-state index is 0.790.